The predicted molar refractivity (Wildman–Crippen MR) is 96.0 cm³/mol. The fourth-order valence-electron chi connectivity index (χ4n) is 3.11. The summed E-state index contributed by atoms with van der Waals surface area (Å²) in [7, 11) is 0. The van der Waals surface area contributed by atoms with E-state index in [0.717, 1.165) is 18.7 Å². The van der Waals surface area contributed by atoms with E-state index in [2.05, 4.69) is 56.1 Å². The molecule has 1 unspecified atom stereocenters. The fraction of sp³-hybridized carbons (Fsp3) is 0.412. The summed E-state index contributed by atoms with van der Waals surface area (Å²) < 4.78 is 2.01. The van der Waals surface area contributed by atoms with Crippen LogP contribution in [0, 0.1) is 0 Å². The second-order valence-corrected chi connectivity index (χ2v) is 9.43. The highest BCUT2D eigenvalue weighted by molar-refractivity contribution is 9.12. The minimum absolute atomic E-state index is 0.567. The summed E-state index contributed by atoms with van der Waals surface area (Å²) in [5.41, 5.74) is 3.31. The van der Waals surface area contributed by atoms with Gasteiger partial charge in [-0.25, -0.2) is 0 Å². The highest BCUT2D eigenvalue weighted by atomic mass is 79.9. The average molecular weight is 430 g/mol. The molecule has 1 aliphatic carbocycles. The number of aliphatic hydroxyl groups is 1. The van der Waals surface area contributed by atoms with Crippen LogP contribution >= 0.6 is 43.2 Å². The Balaban J connectivity index is 1.78. The molecule has 3 rings (SSSR count). The van der Waals surface area contributed by atoms with Crippen LogP contribution in [0.1, 0.15) is 60.8 Å². The molecule has 1 atom stereocenters. The van der Waals surface area contributed by atoms with E-state index in [0.29, 0.717) is 5.92 Å². The van der Waals surface area contributed by atoms with Gasteiger partial charge in [0.25, 0.3) is 0 Å². The predicted octanol–water partition coefficient (Wildman–Crippen LogP) is 6.40. The quantitative estimate of drug-likeness (QED) is 0.598. The molecule has 1 N–H and O–H groups in total. The normalized spacial score (nSPS) is 17.9. The van der Waals surface area contributed by atoms with Crippen LogP contribution in [0.2, 0.25) is 0 Å². The standard InChI is InChI=1S/C17H18Br2OS/c18-15-10-14(17(19)21-15)16(20)13-8-6-12(7-9-13)11-4-2-1-3-5-11/h6-11,16,20H,1-5H2. The van der Waals surface area contributed by atoms with Crippen molar-refractivity contribution in [2.75, 3.05) is 0 Å². The van der Waals surface area contributed by atoms with Gasteiger partial charge in [0.1, 0.15) is 6.10 Å². The van der Waals surface area contributed by atoms with Crippen molar-refractivity contribution in [1.29, 1.82) is 0 Å². The second-order valence-electron chi connectivity index (χ2n) is 5.68. The minimum atomic E-state index is -0.567. The molecule has 1 aromatic heterocycles. The smallest absolute Gasteiger partial charge is 0.106 e. The lowest BCUT2D eigenvalue weighted by molar-refractivity contribution is 0.220. The van der Waals surface area contributed by atoms with Crippen LogP contribution in [0.5, 0.6) is 0 Å². The molecular weight excluding hydrogens is 412 g/mol. The molecule has 0 spiro atoms. The molecule has 0 aliphatic heterocycles. The maximum absolute atomic E-state index is 10.5. The summed E-state index contributed by atoms with van der Waals surface area (Å²) in [5, 5.41) is 10.5. The monoisotopic (exact) mass is 428 g/mol. The molecule has 1 nitrogen and oxygen atoms in total. The van der Waals surface area contributed by atoms with Crippen LogP contribution in [0.15, 0.2) is 37.9 Å². The van der Waals surface area contributed by atoms with Gasteiger partial charge in [0, 0.05) is 5.56 Å². The molecule has 2 aromatic rings. The van der Waals surface area contributed by atoms with Gasteiger partial charge in [0.15, 0.2) is 0 Å². The molecule has 1 aliphatic rings. The number of aliphatic hydroxyl groups excluding tert-OH is 1. The molecule has 0 radical (unpaired) electrons. The van der Waals surface area contributed by atoms with Gasteiger partial charge in [-0.3, -0.25) is 0 Å². The van der Waals surface area contributed by atoms with E-state index in [1.165, 1.54) is 37.7 Å². The summed E-state index contributed by atoms with van der Waals surface area (Å²) in [5.74, 6) is 0.715. The molecule has 21 heavy (non-hydrogen) atoms. The Morgan fingerprint density at radius 3 is 2.29 bits per heavy atom. The Kier molecular flexibility index (Phi) is 5.20. The van der Waals surface area contributed by atoms with Crippen molar-refractivity contribution in [3.05, 3.63) is 54.6 Å². The zero-order valence-corrected chi connectivity index (χ0v) is 15.7. The first-order chi connectivity index (χ1) is 10.1. The first-order valence-corrected chi connectivity index (χ1v) is 9.78. The molecule has 1 saturated carbocycles. The Bertz CT molecular complexity index is 600. The second kappa shape index (κ2) is 6.95. The third-order valence-electron chi connectivity index (χ3n) is 4.31. The van der Waals surface area contributed by atoms with Gasteiger partial charge < -0.3 is 5.11 Å². The van der Waals surface area contributed by atoms with E-state index in [1.807, 2.05) is 6.07 Å². The van der Waals surface area contributed by atoms with Crippen LogP contribution in [-0.2, 0) is 0 Å². The average Bonchev–Trinajstić information content (AvgIpc) is 2.86. The van der Waals surface area contributed by atoms with Crippen molar-refractivity contribution in [2.24, 2.45) is 0 Å². The first-order valence-electron chi connectivity index (χ1n) is 7.38. The molecular formula is C17H18Br2OS. The highest BCUT2D eigenvalue weighted by Crippen LogP contribution is 2.38. The molecule has 1 fully saturated rings. The van der Waals surface area contributed by atoms with Gasteiger partial charge in [0.2, 0.25) is 0 Å². The van der Waals surface area contributed by atoms with Gasteiger partial charge in [-0.2, -0.15) is 0 Å². The topological polar surface area (TPSA) is 20.2 Å². The maximum Gasteiger partial charge on any atom is 0.106 e. The van der Waals surface area contributed by atoms with E-state index in [-0.39, 0.29) is 0 Å². The lowest BCUT2D eigenvalue weighted by Gasteiger charge is -2.22. The summed E-state index contributed by atoms with van der Waals surface area (Å²) in [4.78, 5) is 0. The zero-order chi connectivity index (χ0) is 14.8. The molecule has 0 amide bonds. The SMILES string of the molecule is OC(c1ccc(C2CCCCC2)cc1)c1cc(Br)sc1Br. The third kappa shape index (κ3) is 3.61. The van der Waals surface area contributed by atoms with Crippen molar-refractivity contribution in [3.63, 3.8) is 0 Å². The van der Waals surface area contributed by atoms with Gasteiger partial charge in [0.05, 0.1) is 7.57 Å². The van der Waals surface area contributed by atoms with Gasteiger partial charge in [-0.15, -0.1) is 11.3 Å². The van der Waals surface area contributed by atoms with Crippen molar-refractivity contribution in [2.45, 2.75) is 44.1 Å². The van der Waals surface area contributed by atoms with Crippen molar-refractivity contribution in [3.8, 4) is 0 Å². The van der Waals surface area contributed by atoms with Gasteiger partial charge >= 0.3 is 0 Å². The van der Waals surface area contributed by atoms with E-state index in [1.54, 1.807) is 11.3 Å². The summed E-state index contributed by atoms with van der Waals surface area (Å²) in [6.45, 7) is 0. The lowest BCUT2D eigenvalue weighted by Crippen LogP contribution is -2.05. The number of hydrogen-bond donors (Lipinski definition) is 1. The molecule has 0 bridgehead atoms. The Morgan fingerprint density at radius 2 is 1.71 bits per heavy atom. The van der Waals surface area contributed by atoms with E-state index < -0.39 is 6.10 Å². The zero-order valence-electron chi connectivity index (χ0n) is 11.7. The summed E-state index contributed by atoms with van der Waals surface area (Å²) in [6, 6.07) is 10.5. The molecule has 4 heteroatoms. The summed E-state index contributed by atoms with van der Waals surface area (Å²) in [6.07, 6.45) is 6.14. The third-order valence-corrected chi connectivity index (χ3v) is 6.69. The molecule has 0 saturated heterocycles. The largest absolute Gasteiger partial charge is 0.384 e. The van der Waals surface area contributed by atoms with Crippen LogP contribution in [0.4, 0.5) is 0 Å². The lowest BCUT2D eigenvalue weighted by atomic mass is 9.83. The first kappa shape index (κ1) is 15.7. The number of halogens is 2. The van der Waals surface area contributed by atoms with Crippen LogP contribution in [-0.4, -0.2) is 5.11 Å². The highest BCUT2D eigenvalue weighted by Gasteiger charge is 2.18. The van der Waals surface area contributed by atoms with Crippen LogP contribution < -0.4 is 0 Å². The molecule has 112 valence electrons. The van der Waals surface area contributed by atoms with Gasteiger partial charge in [-0.05, 0) is 67.8 Å². The van der Waals surface area contributed by atoms with Crippen LogP contribution in [0.25, 0.3) is 0 Å². The number of rotatable bonds is 3. The van der Waals surface area contributed by atoms with Crippen molar-refractivity contribution in [1.82, 2.24) is 0 Å². The minimum Gasteiger partial charge on any atom is -0.384 e. The Morgan fingerprint density at radius 1 is 1.05 bits per heavy atom. The number of benzene rings is 1. The van der Waals surface area contributed by atoms with E-state index in [9.17, 15) is 5.11 Å². The van der Waals surface area contributed by atoms with Gasteiger partial charge in [-0.1, -0.05) is 43.5 Å². The Hall–Kier alpha value is -0.160. The summed E-state index contributed by atoms with van der Waals surface area (Å²) >= 11 is 8.58. The number of hydrogen-bond acceptors (Lipinski definition) is 2. The number of thiophene rings is 1. The Labute approximate surface area is 146 Å². The molecule has 1 heterocycles. The van der Waals surface area contributed by atoms with Crippen molar-refractivity contribution < 1.29 is 5.11 Å². The fourth-order valence-corrected chi connectivity index (χ4v) is 5.99. The van der Waals surface area contributed by atoms with E-state index >= 15 is 0 Å². The molecule has 1 aromatic carbocycles. The van der Waals surface area contributed by atoms with Crippen LogP contribution in [0.3, 0.4) is 0 Å². The maximum atomic E-state index is 10.5. The van der Waals surface area contributed by atoms with E-state index in [4.69, 9.17) is 0 Å². The van der Waals surface area contributed by atoms with Crippen molar-refractivity contribution >= 4 is 43.2 Å².